The Labute approximate surface area is 177 Å². The molecule has 1 unspecified atom stereocenters. The molecule has 0 spiro atoms. The minimum Gasteiger partial charge on any atom is -0.346 e. The summed E-state index contributed by atoms with van der Waals surface area (Å²) < 4.78 is 13.0. The number of rotatable bonds is 6. The molecule has 4 rings (SSSR count). The van der Waals surface area contributed by atoms with E-state index in [0.717, 1.165) is 40.5 Å². The third-order valence-corrected chi connectivity index (χ3v) is 6.24. The molecular weight excluding hydrogens is 411 g/mol. The van der Waals surface area contributed by atoms with Crippen LogP contribution < -0.4 is 5.32 Å². The van der Waals surface area contributed by atoms with E-state index in [0.29, 0.717) is 18.1 Å². The predicted molar refractivity (Wildman–Crippen MR) is 111 cm³/mol. The molecule has 1 atom stereocenters. The molecule has 150 valence electrons. The van der Waals surface area contributed by atoms with Crippen molar-refractivity contribution in [1.82, 2.24) is 20.4 Å². The number of carbonyl (C=O) groups excluding carboxylic acids is 1. The Morgan fingerprint density at radius 2 is 2.00 bits per heavy atom. The summed E-state index contributed by atoms with van der Waals surface area (Å²) in [6.45, 7) is 1.91. The molecule has 0 bridgehead atoms. The van der Waals surface area contributed by atoms with Crippen molar-refractivity contribution < 1.29 is 9.18 Å². The molecule has 8 heteroatoms. The third kappa shape index (κ3) is 4.80. The summed E-state index contributed by atoms with van der Waals surface area (Å²) in [5.74, 6) is -0.576. The summed E-state index contributed by atoms with van der Waals surface area (Å²) in [6, 6.07) is 14.2. The number of likely N-dealkylation sites (tertiary alicyclic amines) is 1. The Morgan fingerprint density at radius 1 is 1.21 bits per heavy atom. The van der Waals surface area contributed by atoms with Crippen LogP contribution in [0.15, 0.2) is 48.5 Å². The molecule has 0 aliphatic carbocycles. The van der Waals surface area contributed by atoms with Gasteiger partial charge in [0, 0.05) is 17.6 Å². The maximum atomic E-state index is 13.0. The van der Waals surface area contributed by atoms with Crippen LogP contribution in [0.2, 0.25) is 5.02 Å². The van der Waals surface area contributed by atoms with Gasteiger partial charge in [-0.1, -0.05) is 53.3 Å². The molecule has 5 nitrogen and oxygen atoms in total. The standard InChI is InChI=1S/C21H20ClFN4OS/c22-17-5-2-1-4-16(17)18-6-3-11-27(18)13-19-25-26-21(29-19)20(28)24-12-14-7-9-15(23)10-8-14/h1-2,4-5,7-10,18H,3,6,11-13H2,(H,24,28). The van der Waals surface area contributed by atoms with Gasteiger partial charge in [0.1, 0.15) is 10.8 Å². The van der Waals surface area contributed by atoms with Gasteiger partial charge in [0.2, 0.25) is 5.01 Å². The molecule has 1 amide bonds. The van der Waals surface area contributed by atoms with Gasteiger partial charge >= 0.3 is 0 Å². The third-order valence-electron chi connectivity index (χ3n) is 4.99. The number of hydrogen-bond donors (Lipinski definition) is 1. The average Bonchev–Trinajstić information content (AvgIpc) is 3.38. The van der Waals surface area contributed by atoms with E-state index in [1.54, 1.807) is 12.1 Å². The van der Waals surface area contributed by atoms with Crippen molar-refractivity contribution >= 4 is 28.8 Å². The lowest BCUT2D eigenvalue weighted by atomic mass is 10.0. The van der Waals surface area contributed by atoms with Crippen molar-refractivity contribution in [2.75, 3.05) is 6.54 Å². The van der Waals surface area contributed by atoms with E-state index in [1.807, 2.05) is 18.2 Å². The van der Waals surface area contributed by atoms with E-state index < -0.39 is 0 Å². The summed E-state index contributed by atoms with van der Waals surface area (Å²) in [5, 5.41) is 13.0. The van der Waals surface area contributed by atoms with Gasteiger partial charge in [0.05, 0.1) is 6.54 Å². The first-order chi connectivity index (χ1) is 14.1. The first-order valence-electron chi connectivity index (χ1n) is 9.43. The van der Waals surface area contributed by atoms with Gasteiger partial charge < -0.3 is 5.32 Å². The van der Waals surface area contributed by atoms with Crippen LogP contribution >= 0.6 is 22.9 Å². The van der Waals surface area contributed by atoms with E-state index in [-0.39, 0.29) is 17.8 Å². The number of benzene rings is 2. The highest BCUT2D eigenvalue weighted by Crippen LogP contribution is 2.36. The van der Waals surface area contributed by atoms with Gasteiger partial charge in [-0.15, -0.1) is 10.2 Å². The van der Waals surface area contributed by atoms with Gasteiger partial charge in [-0.25, -0.2) is 4.39 Å². The number of nitrogens with zero attached hydrogens (tertiary/aromatic N) is 3. The van der Waals surface area contributed by atoms with Crippen molar-refractivity contribution in [1.29, 1.82) is 0 Å². The number of carbonyl (C=O) groups is 1. The number of hydrogen-bond acceptors (Lipinski definition) is 5. The molecule has 29 heavy (non-hydrogen) atoms. The van der Waals surface area contributed by atoms with Gasteiger partial charge in [-0.05, 0) is 48.7 Å². The monoisotopic (exact) mass is 430 g/mol. The molecule has 1 aliphatic heterocycles. The molecule has 1 aromatic heterocycles. The normalized spacial score (nSPS) is 16.8. The second-order valence-electron chi connectivity index (χ2n) is 6.96. The minimum atomic E-state index is -0.300. The molecule has 1 N–H and O–H groups in total. The molecule has 0 radical (unpaired) electrons. The fourth-order valence-corrected chi connectivity index (χ4v) is 4.60. The van der Waals surface area contributed by atoms with E-state index >= 15 is 0 Å². The van der Waals surface area contributed by atoms with Crippen LogP contribution in [-0.4, -0.2) is 27.5 Å². The van der Waals surface area contributed by atoms with Gasteiger partial charge in [0.25, 0.3) is 5.91 Å². The Hall–Kier alpha value is -2.35. The topological polar surface area (TPSA) is 58.1 Å². The van der Waals surface area contributed by atoms with E-state index in [9.17, 15) is 9.18 Å². The van der Waals surface area contributed by atoms with Crippen LogP contribution in [0.25, 0.3) is 0 Å². The Morgan fingerprint density at radius 3 is 2.79 bits per heavy atom. The molecule has 1 fully saturated rings. The lowest BCUT2D eigenvalue weighted by molar-refractivity contribution is 0.0950. The van der Waals surface area contributed by atoms with Gasteiger partial charge in [0.15, 0.2) is 0 Å². The van der Waals surface area contributed by atoms with Crippen molar-refractivity contribution in [3.8, 4) is 0 Å². The number of amides is 1. The highest BCUT2D eigenvalue weighted by molar-refractivity contribution is 7.13. The second-order valence-corrected chi connectivity index (χ2v) is 8.43. The zero-order chi connectivity index (χ0) is 20.2. The van der Waals surface area contributed by atoms with Crippen molar-refractivity contribution in [2.45, 2.75) is 32.0 Å². The zero-order valence-electron chi connectivity index (χ0n) is 15.6. The van der Waals surface area contributed by atoms with Crippen LogP contribution in [0, 0.1) is 5.82 Å². The number of halogens is 2. The number of nitrogens with one attached hydrogen (secondary N) is 1. The van der Waals surface area contributed by atoms with Crippen molar-refractivity contribution in [2.24, 2.45) is 0 Å². The summed E-state index contributed by atoms with van der Waals surface area (Å²) in [6.07, 6.45) is 2.15. The lowest BCUT2D eigenvalue weighted by Gasteiger charge is -2.24. The quantitative estimate of drug-likeness (QED) is 0.621. The van der Waals surface area contributed by atoms with Crippen molar-refractivity contribution in [3.05, 3.63) is 80.5 Å². The average molecular weight is 431 g/mol. The first-order valence-corrected chi connectivity index (χ1v) is 10.6. The fraction of sp³-hybridized carbons (Fsp3) is 0.286. The summed E-state index contributed by atoms with van der Waals surface area (Å²) >= 11 is 7.68. The Balaban J connectivity index is 1.38. The molecule has 1 aliphatic rings. The highest BCUT2D eigenvalue weighted by Gasteiger charge is 2.28. The van der Waals surface area contributed by atoms with Crippen LogP contribution in [0.5, 0.6) is 0 Å². The fourth-order valence-electron chi connectivity index (χ4n) is 3.56. The maximum absolute atomic E-state index is 13.0. The molecule has 1 saturated heterocycles. The first kappa shape index (κ1) is 19.9. The Bertz CT molecular complexity index is 994. The SMILES string of the molecule is O=C(NCc1ccc(F)cc1)c1nnc(CN2CCCC2c2ccccc2Cl)s1. The maximum Gasteiger partial charge on any atom is 0.282 e. The van der Waals surface area contributed by atoms with Crippen molar-refractivity contribution in [3.63, 3.8) is 0 Å². The number of aromatic nitrogens is 2. The van der Waals surface area contributed by atoms with Crippen LogP contribution in [-0.2, 0) is 13.1 Å². The molecular formula is C21H20ClFN4OS. The van der Waals surface area contributed by atoms with E-state index in [2.05, 4.69) is 26.5 Å². The van der Waals surface area contributed by atoms with Crippen LogP contribution in [0.1, 0.15) is 44.8 Å². The molecule has 2 heterocycles. The largest absolute Gasteiger partial charge is 0.346 e. The van der Waals surface area contributed by atoms with Crippen LogP contribution in [0.4, 0.5) is 4.39 Å². The van der Waals surface area contributed by atoms with Gasteiger partial charge in [-0.2, -0.15) is 0 Å². The van der Waals surface area contributed by atoms with Crippen LogP contribution in [0.3, 0.4) is 0 Å². The Kier molecular flexibility index (Phi) is 6.18. The lowest BCUT2D eigenvalue weighted by Crippen LogP contribution is -2.23. The predicted octanol–water partition coefficient (Wildman–Crippen LogP) is 4.60. The van der Waals surface area contributed by atoms with Gasteiger partial charge in [-0.3, -0.25) is 9.69 Å². The summed E-state index contributed by atoms with van der Waals surface area (Å²) in [4.78, 5) is 14.7. The van der Waals surface area contributed by atoms with E-state index in [1.165, 1.54) is 23.5 Å². The highest BCUT2D eigenvalue weighted by atomic mass is 35.5. The summed E-state index contributed by atoms with van der Waals surface area (Å²) in [5.41, 5.74) is 1.96. The minimum absolute atomic E-state index is 0.253. The molecule has 2 aromatic carbocycles. The smallest absolute Gasteiger partial charge is 0.282 e. The summed E-state index contributed by atoms with van der Waals surface area (Å²) in [7, 11) is 0. The molecule has 3 aromatic rings. The van der Waals surface area contributed by atoms with E-state index in [4.69, 9.17) is 11.6 Å². The zero-order valence-corrected chi connectivity index (χ0v) is 17.2. The second kappa shape index (κ2) is 8.98. The molecule has 0 saturated carbocycles.